The van der Waals surface area contributed by atoms with E-state index in [1.54, 1.807) is 0 Å². The Morgan fingerprint density at radius 2 is 0.434 bits per heavy atom. The molecule has 0 spiro atoms. The summed E-state index contributed by atoms with van der Waals surface area (Å²) in [6, 6.07) is 45.1. The molecule has 8 aromatic rings. The molecule has 16 bridgehead atoms. The maximum absolute atomic E-state index is 12.7. The molecule has 0 fully saturated rings. The zero-order valence-corrected chi connectivity index (χ0v) is 44.4. The van der Waals surface area contributed by atoms with Crippen LogP contribution in [0.4, 0.5) is 0 Å². The first kappa shape index (κ1) is 51.6. The van der Waals surface area contributed by atoms with Gasteiger partial charge in [-0.25, -0.2) is 0 Å². The molecule has 0 radical (unpaired) electrons. The van der Waals surface area contributed by atoms with Crippen molar-refractivity contribution in [3.05, 3.63) is 222 Å². The van der Waals surface area contributed by atoms with E-state index in [0.29, 0.717) is 77.8 Å². The van der Waals surface area contributed by atoms with E-state index in [0.717, 1.165) is 149 Å². The van der Waals surface area contributed by atoms with Crippen LogP contribution in [-0.2, 0) is 51.4 Å². The molecule has 0 saturated carbocycles. The van der Waals surface area contributed by atoms with Gasteiger partial charge >= 0.3 is 0 Å². The van der Waals surface area contributed by atoms with Gasteiger partial charge in [-0.15, -0.1) is 0 Å². The maximum Gasteiger partial charge on any atom is 0.126 e. The van der Waals surface area contributed by atoms with Crippen LogP contribution in [-0.4, -0.2) is 46.9 Å². The van der Waals surface area contributed by atoms with Crippen molar-refractivity contribution in [3.8, 4) is 57.1 Å². The molecule has 8 heteroatoms. The van der Waals surface area contributed by atoms with Gasteiger partial charge in [0.25, 0.3) is 0 Å². The zero-order valence-electron chi connectivity index (χ0n) is 44.4. The number of ether oxygens (including phenoxy) is 4. The van der Waals surface area contributed by atoms with Crippen LogP contribution >= 0.6 is 0 Å². The van der Waals surface area contributed by atoms with Crippen molar-refractivity contribution >= 4 is 0 Å². The minimum atomic E-state index is 0.206. The highest BCUT2D eigenvalue weighted by Crippen LogP contribution is 2.44. The van der Waals surface area contributed by atoms with Gasteiger partial charge in [0.15, 0.2) is 0 Å². The molecule has 0 atom stereocenters. The zero-order chi connectivity index (χ0) is 52.7. The normalized spacial score (nSPS) is 12.9. The number of hydrogen-bond donors (Lipinski definition) is 4. The van der Waals surface area contributed by atoms with Crippen LogP contribution in [0.15, 0.2) is 133 Å². The SMILES string of the molecule is CCCOc1c2cccc1Cc1cc(-c3cc4c(O)c(c3)Cc3cccc(c3OCCC)Cc3cccc(c3O)Cc3cccc(c3OCCC)C4)cc(c1O)Cc1cccc(c1OCCC)Cc1cccc(c1O)C2. The van der Waals surface area contributed by atoms with Gasteiger partial charge in [0.05, 0.1) is 26.4 Å². The predicted octanol–water partition coefficient (Wildman–Crippen LogP) is 14.7. The van der Waals surface area contributed by atoms with E-state index in [1.807, 2.05) is 60.7 Å². The fourth-order valence-corrected chi connectivity index (χ4v) is 11.1. The Kier molecular flexibility index (Phi) is 15.9. The van der Waals surface area contributed by atoms with E-state index in [-0.39, 0.29) is 23.0 Å². The number of aromatic hydroxyl groups is 4. The summed E-state index contributed by atoms with van der Waals surface area (Å²) >= 11 is 0. The van der Waals surface area contributed by atoms with Crippen LogP contribution < -0.4 is 18.9 Å². The predicted molar refractivity (Wildman–Crippen MR) is 303 cm³/mol. The van der Waals surface area contributed by atoms with E-state index in [2.05, 4.69) is 100 Å². The molecular weight excluding hydrogens is 945 g/mol. The first-order valence-electron chi connectivity index (χ1n) is 27.4. The molecule has 2 aliphatic carbocycles. The lowest BCUT2D eigenvalue weighted by Gasteiger charge is -2.22. The highest BCUT2D eigenvalue weighted by atomic mass is 16.5. The van der Waals surface area contributed by atoms with E-state index in [4.69, 9.17) is 18.9 Å². The Hall–Kier alpha value is -7.84. The third kappa shape index (κ3) is 11.0. The topological polar surface area (TPSA) is 118 Å². The van der Waals surface area contributed by atoms with Gasteiger partial charge in [0, 0.05) is 51.4 Å². The molecule has 0 aromatic heterocycles. The highest BCUT2D eigenvalue weighted by molar-refractivity contribution is 5.73. The van der Waals surface area contributed by atoms with Crippen molar-refractivity contribution in [2.45, 2.75) is 105 Å². The lowest BCUT2D eigenvalue weighted by Crippen LogP contribution is -2.07. The van der Waals surface area contributed by atoms with Crippen molar-refractivity contribution in [1.29, 1.82) is 0 Å². The Balaban J connectivity index is 1.20. The number of hydrogen-bond acceptors (Lipinski definition) is 8. The fourth-order valence-electron chi connectivity index (χ4n) is 11.1. The lowest BCUT2D eigenvalue weighted by atomic mass is 9.87. The smallest absolute Gasteiger partial charge is 0.126 e. The molecule has 0 heterocycles. The quantitative estimate of drug-likeness (QED) is 0.0902. The van der Waals surface area contributed by atoms with Crippen LogP contribution in [0.5, 0.6) is 46.0 Å². The standard InChI is InChI=1S/C68H70O8/c1-5-27-73-65-47-19-11-23-51(65)35-57-39-55(40-58(63(57)71)36-52-24-12-20-48(66(52)74-28-6-2)32-44-16-9-15-43(31-47)61(44)69)56-41-59-37-53-25-13-21-49(67(53)75-29-7-3)33-45-17-10-18-46(62(45)70)34-50-22-14-26-54(68(50)76-30-8-4)38-60(42-56)64(59)72/h9-26,39-42,69-72H,5-8,27-38H2,1-4H3. The second kappa shape index (κ2) is 23.4. The van der Waals surface area contributed by atoms with E-state index >= 15 is 0 Å². The molecule has 8 nitrogen and oxygen atoms in total. The Labute approximate surface area is 448 Å². The van der Waals surface area contributed by atoms with Gasteiger partial charge in [0.2, 0.25) is 0 Å². The second-order valence-corrected chi connectivity index (χ2v) is 20.6. The van der Waals surface area contributed by atoms with Crippen LogP contribution in [0.2, 0.25) is 0 Å². The maximum atomic E-state index is 12.7. The number of phenols is 4. The van der Waals surface area contributed by atoms with Gasteiger partial charge in [-0.2, -0.15) is 0 Å². The summed E-state index contributed by atoms with van der Waals surface area (Å²) in [5.74, 6) is 4.00. The molecule has 390 valence electrons. The van der Waals surface area contributed by atoms with Crippen molar-refractivity contribution < 1.29 is 39.4 Å². The van der Waals surface area contributed by atoms with Crippen LogP contribution in [0.25, 0.3) is 11.1 Å². The number of benzene rings is 8. The third-order valence-electron chi connectivity index (χ3n) is 14.8. The second-order valence-electron chi connectivity index (χ2n) is 20.6. The molecule has 0 unspecified atom stereocenters. The average molecular weight is 1020 g/mol. The Bertz CT molecular complexity index is 2960. The minimum Gasteiger partial charge on any atom is -0.507 e. The van der Waals surface area contributed by atoms with Crippen molar-refractivity contribution in [2.24, 2.45) is 0 Å². The average Bonchev–Trinajstić information content (AvgIpc) is 3.42. The van der Waals surface area contributed by atoms with Gasteiger partial charge in [-0.05, 0) is 150 Å². The van der Waals surface area contributed by atoms with E-state index in [1.165, 1.54) is 0 Å². The van der Waals surface area contributed by atoms with Crippen LogP contribution in [0.1, 0.15) is 142 Å². The van der Waals surface area contributed by atoms with Crippen LogP contribution in [0, 0.1) is 0 Å². The van der Waals surface area contributed by atoms with Gasteiger partial charge in [-0.1, -0.05) is 137 Å². The summed E-state index contributed by atoms with van der Waals surface area (Å²) < 4.78 is 26.5. The van der Waals surface area contributed by atoms with Crippen molar-refractivity contribution in [3.63, 3.8) is 0 Å². The molecule has 8 aromatic carbocycles. The summed E-state index contributed by atoms with van der Waals surface area (Å²) in [5.41, 5.74) is 15.5. The monoisotopic (exact) mass is 1010 g/mol. The largest absolute Gasteiger partial charge is 0.507 e. The van der Waals surface area contributed by atoms with Gasteiger partial charge in [-0.3, -0.25) is 0 Å². The number of phenolic OH excluding ortho intramolecular Hbond substituents is 4. The first-order chi connectivity index (χ1) is 37.1. The Morgan fingerprint density at radius 1 is 0.263 bits per heavy atom. The lowest BCUT2D eigenvalue weighted by molar-refractivity contribution is 0.311. The molecule has 4 N–H and O–H groups in total. The summed E-state index contributed by atoms with van der Waals surface area (Å²) in [5, 5.41) is 49.2. The van der Waals surface area contributed by atoms with Crippen molar-refractivity contribution in [1.82, 2.24) is 0 Å². The van der Waals surface area contributed by atoms with E-state index in [9.17, 15) is 20.4 Å². The molecule has 2 aliphatic rings. The van der Waals surface area contributed by atoms with E-state index < -0.39 is 0 Å². The summed E-state index contributed by atoms with van der Waals surface area (Å²) in [7, 11) is 0. The third-order valence-corrected chi connectivity index (χ3v) is 14.8. The summed E-state index contributed by atoms with van der Waals surface area (Å²) in [6.45, 7) is 10.4. The highest BCUT2D eigenvalue weighted by Gasteiger charge is 2.25. The van der Waals surface area contributed by atoms with Gasteiger partial charge < -0.3 is 39.4 Å². The van der Waals surface area contributed by atoms with Crippen molar-refractivity contribution in [2.75, 3.05) is 26.4 Å². The molecule has 10 rings (SSSR count). The van der Waals surface area contributed by atoms with Crippen LogP contribution in [0.3, 0.4) is 0 Å². The summed E-state index contributed by atoms with van der Waals surface area (Å²) in [4.78, 5) is 0. The number of para-hydroxylation sites is 6. The minimum absolute atomic E-state index is 0.206. The Morgan fingerprint density at radius 3 is 0.632 bits per heavy atom. The molecule has 0 aliphatic heterocycles. The summed E-state index contributed by atoms with van der Waals surface area (Å²) in [6.07, 6.45) is 6.57. The molecule has 76 heavy (non-hydrogen) atoms. The number of fused-ring (bicyclic) bond motifs is 16. The first-order valence-corrected chi connectivity index (χ1v) is 27.4. The molecule has 0 amide bonds. The molecule has 0 saturated heterocycles. The molecular formula is C68H70O8. The fraction of sp³-hybridized carbons (Fsp3) is 0.294. The van der Waals surface area contributed by atoms with Gasteiger partial charge in [0.1, 0.15) is 46.0 Å². The number of rotatable bonds is 13.